The van der Waals surface area contributed by atoms with Crippen LogP contribution in [0.4, 0.5) is 10.5 Å². The van der Waals surface area contributed by atoms with Gasteiger partial charge in [-0.15, -0.1) is 0 Å². The van der Waals surface area contributed by atoms with Crippen molar-refractivity contribution in [2.75, 3.05) is 38.0 Å². The van der Waals surface area contributed by atoms with Gasteiger partial charge in [-0.1, -0.05) is 48.0 Å². The van der Waals surface area contributed by atoms with Crippen molar-refractivity contribution in [1.29, 1.82) is 0 Å². The van der Waals surface area contributed by atoms with Crippen molar-refractivity contribution in [1.82, 2.24) is 4.90 Å². The second-order valence-electron chi connectivity index (χ2n) is 6.97. The third-order valence-corrected chi connectivity index (χ3v) is 4.99. The van der Waals surface area contributed by atoms with Gasteiger partial charge in [0.2, 0.25) is 0 Å². The molecule has 4 nitrogen and oxygen atoms in total. The summed E-state index contributed by atoms with van der Waals surface area (Å²) in [5.74, 6) is 0. The van der Waals surface area contributed by atoms with Gasteiger partial charge in [-0.3, -0.25) is 0 Å². The standard InChI is InChI=1S/C21H27N3O/c1-17-8-9-20(18(2)16-17)22-21(25)24-14-12-23(13-15-24)11-10-19-6-4-3-5-7-19/h3-9,16H,10-15H2,1-2H3,(H,22,25)/p+1. The molecule has 2 aromatic rings. The van der Waals surface area contributed by atoms with Gasteiger partial charge in [0.25, 0.3) is 0 Å². The van der Waals surface area contributed by atoms with Crippen molar-refractivity contribution < 1.29 is 9.69 Å². The minimum Gasteiger partial charge on any atom is -0.332 e. The lowest BCUT2D eigenvalue weighted by Crippen LogP contribution is -3.15. The average Bonchev–Trinajstić information content (AvgIpc) is 2.63. The summed E-state index contributed by atoms with van der Waals surface area (Å²) in [7, 11) is 0. The van der Waals surface area contributed by atoms with Crippen LogP contribution < -0.4 is 10.2 Å². The molecule has 1 saturated heterocycles. The zero-order chi connectivity index (χ0) is 17.6. The van der Waals surface area contributed by atoms with Crippen molar-refractivity contribution in [2.45, 2.75) is 20.3 Å². The first kappa shape index (κ1) is 17.5. The molecule has 0 unspecified atom stereocenters. The van der Waals surface area contributed by atoms with Crippen LogP contribution in [0.15, 0.2) is 48.5 Å². The molecule has 1 aliphatic rings. The number of amides is 2. The number of hydrogen-bond donors (Lipinski definition) is 2. The van der Waals surface area contributed by atoms with Gasteiger partial charge in [-0.05, 0) is 31.0 Å². The smallest absolute Gasteiger partial charge is 0.322 e. The van der Waals surface area contributed by atoms with Crippen molar-refractivity contribution in [3.63, 3.8) is 0 Å². The lowest BCUT2D eigenvalue weighted by atomic mass is 10.1. The van der Waals surface area contributed by atoms with Gasteiger partial charge in [-0.2, -0.15) is 0 Å². The van der Waals surface area contributed by atoms with Crippen LogP contribution in [0.25, 0.3) is 0 Å². The van der Waals surface area contributed by atoms with E-state index in [4.69, 9.17) is 0 Å². The Labute approximate surface area is 150 Å². The van der Waals surface area contributed by atoms with Crippen molar-refractivity contribution >= 4 is 11.7 Å². The number of benzene rings is 2. The SMILES string of the molecule is Cc1ccc(NC(=O)N2CC[NH+](CCc3ccccc3)CC2)c(C)c1. The van der Waals surface area contributed by atoms with Crippen LogP contribution in [0, 0.1) is 13.8 Å². The maximum Gasteiger partial charge on any atom is 0.322 e. The fourth-order valence-corrected chi connectivity index (χ4v) is 3.39. The quantitative estimate of drug-likeness (QED) is 0.882. The van der Waals surface area contributed by atoms with Crippen molar-refractivity contribution in [3.8, 4) is 0 Å². The molecule has 2 amide bonds. The zero-order valence-electron chi connectivity index (χ0n) is 15.2. The second-order valence-corrected chi connectivity index (χ2v) is 6.97. The van der Waals surface area contributed by atoms with Crippen LogP contribution in [0.5, 0.6) is 0 Å². The summed E-state index contributed by atoms with van der Waals surface area (Å²) >= 11 is 0. The van der Waals surface area contributed by atoms with Crippen LogP contribution >= 0.6 is 0 Å². The fourth-order valence-electron chi connectivity index (χ4n) is 3.39. The predicted molar refractivity (Wildman–Crippen MR) is 102 cm³/mol. The number of anilines is 1. The lowest BCUT2D eigenvalue weighted by Gasteiger charge is -2.32. The monoisotopic (exact) mass is 338 g/mol. The topological polar surface area (TPSA) is 36.8 Å². The number of nitrogens with one attached hydrogen (secondary N) is 2. The molecule has 0 saturated carbocycles. The average molecular weight is 338 g/mol. The highest BCUT2D eigenvalue weighted by atomic mass is 16.2. The first-order valence-corrected chi connectivity index (χ1v) is 9.12. The molecule has 4 heteroatoms. The maximum atomic E-state index is 12.5. The molecular weight excluding hydrogens is 310 g/mol. The van der Waals surface area contributed by atoms with Gasteiger partial charge in [0.1, 0.15) is 0 Å². The normalized spacial score (nSPS) is 15.2. The predicted octanol–water partition coefficient (Wildman–Crippen LogP) is 2.28. The Balaban J connectivity index is 1.46. The van der Waals surface area contributed by atoms with Crippen molar-refractivity contribution in [2.24, 2.45) is 0 Å². The van der Waals surface area contributed by atoms with E-state index in [9.17, 15) is 4.79 Å². The molecule has 132 valence electrons. The minimum atomic E-state index is 0.0223. The minimum absolute atomic E-state index is 0.0223. The van der Waals surface area contributed by atoms with Gasteiger partial charge in [0.15, 0.2) is 0 Å². The number of quaternary nitrogens is 1. The van der Waals surface area contributed by atoms with E-state index in [0.717, 1.165) is 50.4 Å². The number of aryl methyl sites for hydroxylation is 2. The Morgan fingerprint density at radius 3 is 2.48 bits per heavy atom. The van der Waals surface area contributed by atoms with Crippen LogP contribution in [0.1, 0.15) is 16.7 Å². The molecule has 1 aliphatic heterocycles. The molecule has 3 rings (SSSR count). The van der Waals surface area contributed by atoms with Crippen LogP contribution in [0.3, 0.4) is 0 Å². The van der Waals surface area contributed by atoms with E-state index < -0.39 is 0 Å². The summed E-state index contributed by atoms with van der Waals surface area (Å²) < 4.78 is 0. The zero-order valence-corrected chi connectivity index (χ0v) is 15.2. The van der Waals surface area contributed by atoms with Gasteiger partial charge in [0, 0.05) is 12.1 Å². The molecular formula is C21H28N3O+. The largest absolute Gasteiger partial charge is 0.332 e. The van der Waals surface area contributed by atoms with Crippen LogP contribution in [-0.4, -0.2) is 43.7 Å². The van der Waals surface area contributed by atoms with E-state index in [1.54, 1.807) is 4.90 Å². The molecule has 0 aliphatic carbocycles. The maximum absolute atomic E-state index is 12.5. The highest BCUT2D eigenvalue weighted by Gasteiger charge is 2.23. The van der Waals surface area contributed by atoms with Gasteiger partial charge in [0.05, 0.1) is 32.7 Å². The van der Waals surface area contributed by atoms with Crippen LogP contribution in [-0.2, 0) is 6.42 Å². The summed E-state index contributed by atoms with van der Waals surface area (Å²) in [5.41, 5.74) is 4.63. The van der Waals surface area contributed by atoms with Crippen molar-refractivity contribution in [3.05, 3.63) is 65.2 Å². The summed E-state index contributed by atoms with van der Waals surface area (Å²) in [6.07, 6.45) is 1.10. The number of carbonyl (C=O) groups excluding carboxylic acids is 1. The lowest BCUT2D eigenvalue weighted by molar-refractivity contribution is -0.903. The number of hydrogen-bond acceptors (Lipinski definition) is 1. The summed E-state index contributed by atoms with van der Waals surface area (Å²) in [6, 6.07) is 16.8. The van der Waals surface area contributed by atoms with E-state index >= 15 is 0 Å². The Bertz CT molecular complexity index is 706. The Morgan fingerprint density at radius 2 is 1.80 bits per heavy atom. The third-order valence-electron chi connectivity index (χ3n) is 4.99. The number of nitrogens with zero attached hydrogens (tertiary/aromatic N) is 1. The highest BCUT2D eigenvalue weighted by molar-refractivity contribution is 5.90. The number of urea groups is 1. The van der Waals surface area contributed by atoms with E-state index in [1.165, 1.54) is 11.1 Å². The van der Waals surface area contributed by atoms with E-state index in [-0.39, 0.29) is 6.03 Å². The highest BCUT2D eigenvalue weighted by Crippen LogP contribution is 2.16. The van der Waals surface area contributed by atoms with Gasteiger partial charge < -0.3 is 15.1 Å². The molecule has 2 N–H and O–H groups in total. The molecule has 0 bridgehead atoms. The van der Waals surface area contributed by atoms with Gasteiger partial charge >= 0.3 is 6.03 Å². The molecule has 1 heterocycles. The van der Waals surface area contributed by atoms with Crippen LogP contribution in [0.2, 0.25) is 0 Å². The Hall–Kier alpha value is -2.33. The Kier molecular flexibility index (Phi) is 5.71. The molecule has 0 spiro atoms. The van der Waals surface area contributed by atoms with E-state index in [1.807, 2.05) is 24.0 Å². The molecule has 0 atom stereocenters. The number of rotatable bonds is 4. The van der Waals surface area contributed by atoms with E-state index in [0.29, 0.717) is 0 Å². The fraction of sp³-hybridized carbons (Fsp3) is 0.381. The number of piperazine rings is 1. The van der Waals surface area contributed by atoms with Gasteiger partial charge in [-0.25, -0.2) is 4.79 Å². The molecule has 1 fully saturated rings. The summed E-state index contributed by atoms with van der Waals surface area (Å²) in [6.45, 7) is 8.92. The molecule has 2 aromatic carbocycles. The third kappa shape index (κ3) is 4.83. The summed E-state index contributed by atoms with van der Waals surface area (Å²) in [5, 5.41) is 3.06. The number of carbonyl (C=O) groups is 1. The molecule has 25 heavy (non-hydrogen) atoms. The summed E-state index contributed by atoms with van der Waals surface area (Å²) in [4.78, 5) is 16.0. The molecule has 0 radical (unpaired) electrons. The van der Waals surface area contributed by atoms with E-state index in [2.05, 4.69) is 48.6 Å². The second kappa shape index (κ2) is 8.17. The first-order chi connectivity index (χ1) is 12.1. The first-order valence-electron chi connectivity index (χ1n) is 9.12. The molecule has 0 aromatic heterocycles. The Morgan fingerprint density at radius 1 is 1.08 bits per heavy atom.